The lowest BCUT2D eigenvalue weighted by Gasteiger charge is -2.19. The summed E-state index contributed by atoms with van der Waals surface area (Å²) in [4.78, 5) is 0. The predicted octanol–water partition coefficient (Wildman–Crippen LogP) is 2.42. The standard InChI is InChI=1S/C8H15NO/c1-7(9-10)8-5-3-2-4-6-8/h8,10H,2-6H2,1H3/b9-7-. The first-order valence-electron chi connectivity index (χ1n) is 4.03. The van der Waals surface area contributed by atoms with E-state index >= 15 is 0 Å². The van der Waals surface area contributed by atoms with Gasteiger partial charge in [-0.15, -0.1) is 0 Å². The summed E-state index contributed by atoms with van der Waals surface area (Å²) in [5, 5.41) is 11.7. The minimum atomic E-state index is 0.568. The van der Waals surface area contributed by atoms with Gasteiger partial charge in [-0.25, -0.2) is 0 Å². The number of hydrogen-bond acceptors (Lipinski definition) is 2. The summed E-state index contributed by atoms with van der Waals surface area (Å²) < 4.78 is 0. The van der Waals surface area contributed by atoms with E-state index in [4.69, 9.17) is 5.21 Å². The van der Waals surface area contributed by atoms with Crippen LogP contribution in [0.25, 0.3) is 0 Å². The Morgan fingerprint density at radius 3 is 2.40 bits per heavy atom. The monoisotopic (exact) mass is 141 g/mol. The van der Waals surface area contributed by atoms with Crippen molar-refractivity contribution in [3.05, 3.63) is 0 Å². The summed E-state index contributed by atoms with van der Waals surface area (Å²) in [6.45, 7) is 1.91. The highest BCUT2D eigenvalue weighted by atomic mass is 16.4. The minimum absolute atomic E-state index is 0.568. The van der Waals surface area contributed by atoms with Crippen molar-refractivity contribution in [1.82, 2.24) is 0 Å². The van der Waals surface area contributed by atoms with E-state index in [0.29, 0.717) is 5.92 Å². The zero-order valence-electron chi connectivity index (χ0n) is 6.51. The van der Waals surface area contributed by atoms with Crippen LogP contribution in [-0.2, 0) is 0 Å². The maximum atomic E-state index is 8.47. The Morgan fingerprint density at radius 2 is 1.90 bits per heavy atom. The Bertz CT molecular complexity index is 125. The molecule has 1 N–H and O–H groups in total. The molecule has 2 heteroatoms. The third-order valence-corrected chi connectivity index (χ3v) is 2.35. The van der Waals surface area contributed by atoms with Crippen molar-refractivity contribution in [2.75, 3.05) is 0 Å². The van der Waals surface area contributed by atoms with Crippen LogP contribution in [-0.4, -0.2) is 10.9 Å². The van der Waals surface area contributed by atoms with Gasteiger partial charge in [0.15, 0.2) is 0 Å². The summed E-state index contributed by atoms with van der Waals surface area (Å²) in [6, 6.07) is 0. The van der Waals surface area contributed by atoms with Crippen molar-refractivity contribution in [2.45, 2.75) is 39.0 Å². The molecule has 1 rings (SSSR count). The lowest BCUT2D eigenvalue weighted by molar-refractivity contribution is 0.309. The number of rotatable bonds is 1. The second kappa shape index (κ2) is 3.59. The van der Waals surface area contributed by atoms with Crippen LogP contribution in [0.3, 0.4) is 0 Å². The highest BCUT2D eigenvalue weighted by Gasteiger charge is 2.15. The zero-order valence-corrected chi connectivity index (χ0v) is 6.51. The molecule has 0 amide bonds. The number of hydrogen-bond donors (Lipinski definition) is 1. The van der Waals surface area contributed by atoms with E-state index in [9.17, 15) is 0 Å². The largest absolute Gasteiger partial charge is 0.411 e. The molecule has 0 aliphatic heterocycles. The quantitative estimate of drug-likeness (QED) is 0.339. The Kier molecular flexibility index (Phi) is 2.72. The smallest absolute Gasteiger partial charge is 0.0570 e. The van der Waals surface area contributed by atoms with E-state index in [1.807, 2.05) is 6.92 Å². The fourth-order valence-electron chi connectivity index (χ4n) is 1.60. The molecule has 0 aromatic carbocycles. The third-order valence-electron chi connectivity index (χ3n) is 2.35. The Balaban J connectivity index is 2.39. The van der Waals surface area contributed by atoms with Crippen molar-refractivity contribution in [3.8, 4) is 0 Å². The van der Waals surface area contributed by atoms with Gasteiger partial charge in [0.05, 0.1) is 5.71 Å². The molecular formula is C8H15NO. The molecular weight excluding hydrogens is 126 g/mol. The maximum Gasteiger partial charge on any atom is 0.0570 e. The Labute approximate surface area is 61.9 Å². The molecule has 1 aliphatic carbocycles. The van der Waals surface area contributed by atoms with Gasteiger partial charge in [-0.3, -0.25) is 0 Å². The molecule has 0 saturated heterocycles. The lowest BCUT2D eigenvalue weighted by atomic mass is 9.86. The Hall–Kier alpha value is -0.530. The molecule has 10 heavy (non-hydrogen) atoms. The first-order chi connectivity index (χ1) is 4.84. The summed E-state index contributed by atoms with van der Waals surface area (Å²) in [5.74, 6) is 0.568. The molecule has 0 radical (unpaired) electrons. The molecule has 58 valence electrons. The second-order valence-corrected chi connectivity index (χ2v) is 3.08. The molecule has 1 fully saturated rings. The molecule has 0 unspecified atom stereocenters. The van der Waals surface area contributed by atoms with Crippen LogP contribution in [0.15, 0.2) is 5.16 Å². The molecule has 0 aromatic rings. The average molecular weight is 141 g/mol. The van der Waals surface area contributed by atoms with Crippen molar-refractivity contribution in [1.29, 1.82) is 0 Å². The molecule has 0 bridgehead atoms. The zero-order chi connectivity index (χ0) is 7.40. The molecule has 2 nitrogen and oxygen atoms in total. The predicted molar refractivity (Wildman–Crippen MR) is 41.5 cm³/mol. The SMILES string of the molecule is C/C(=N/O)C1CCCCC1. The highest BCUT2D eigenvalue weighted by molar-refractivity contribution is 5.83. The minimum Gasteiger partial charge on any atom is -0.411 e. The van der Waals surface area contributed by atoms with Crippen LogP contribution in [0.1, 0.15) is 39.0 Å². The average Bonchev–Trinajstić information content (AvgIpc) is 2.05. The van der Waals surface area contributed by atoms with Crippen molar-refractivity contribution in [3.63, 3.8) is 0 Å². The topological polar surface area (TPSA) is 32.6 Å². The van der Waals surface area contributed by atoms with Gasteiger partial charge in [0.2, 0.25) is 0 Å². The fourth-order valence-corrected chi connectivity index (χ4v) is 1.60. The van der Waals surface area contributed by atoms with Gasteiger partial charge in [0.1, 0.15) is 0 Å². The van der Waals surface area contributed by atoms with Crippen LogP contribution in [0.2, 0.25) is 0 Å². The van der Waals surface area contributed by atoms with Crippen LogP contribution in [0.4, 0.5) is 0 Å². The van der Waals surface area contributed by atoms with E-state index in [2.05, 4.69) is 5.16 Å². The molecule has 0 heterocycles. The van der Waals surface area contributed by atoms with E-state index < -0.39 is 0 Å². The van der Waals surface area contributed by atoms with Crippen molar-refractivity contribution >= 4 is 5.71 Å². The first-order valence-corrected chi connectivity index (χ1v) is 4.03. The van der Waals surface area contributed by atoms with E-state index in [1.165, 1.54) is 32.1 Å². The molecule has 0 atom stereocenters. The van der Waals surface area contributed by atoms with Gasteiger partial charge in [-0.2, -0.15) is 0 Å². The summed E-state index contributed by atoms with van der Waals surface area (Å²) in [6.07, 6.45) is 6.40. The van der Waals surface area contributed by atoms with Crippen LogP contribution >= 0.6 is 0 Å². The van der Waals surface area contributed by atoms with E-state index in [0.717, 1.165) is 5.71 Å². The third kappa shape index (κ3) is 1.72. The van der Waals surface area contributed by atoms with Crippen LogP contribution in [0, 0.1) is 5.92 Å². The second-order valence-electron chi connectivity index (χ2n) is 3.08. The molecule has 0 spiro atoms. The van der Waals surface area contributed by atoms with Crippen LogP contribution < -0.4 is 0 Å². The van der Waals surface area contributed by atoms with Gasteiger partial charge in [0, 0.05) is 5.92 Å². The maximum absolute atomic E-state index is 8.47. The molecule has 1 saturated carbocycles. The lowest BCUT2D eigenvalue weighted by Crippen LogP contribution is -2.14. The van der Waals surface area contributed by atoms with Gasteiger partial charge >= 0.3 is 0 Å². The molecule has 0 aromatic heterocycles. The summed E-state index contributed by atoms with van der Waals surface area (Å²) in [5.41, 5.74) is 0.916. The van der Waals surface area contributed by atoms with Gasteiger partial charge in [-0.1, -0.05) is 24.4 Å². The Morgan fingerprint density at radius 1 is 1.30 bits per heavy atom. The van der Waals surface area contributed by atoms with Gasteiger partial charge in [-0.05, 0) is 19.8 Å². The summed E-state index contributed by atoms with van der Waals surface area (Å²) >= 11 is 0. The number of nitrogens with zero attached hydrogens (tertiary/aromatic N) is 1. The van der Waals surface area contributed by atoms with Crippen molar-refractivity contribution in [2.24, 2.45) is 11.1 Å². The van der Waals surface area contributed by atoms with Crippen molar-refractivity contribution < 1.29 is 5.21 Å². The van der Waals surface area contributed by atoms with E-state index in [-0.39, 0.29) is 0 Å². The first kappa shape index (κ1) is 7.58. The van der Waals surface area contributed by atoms with Gasteiger partial charge in [0.25, 0.3) is 0 Å². The van der Waals surface area contributed by atoms with Crippen LogP contribution in [0.5, 0.6) is 0 Å². The highest BCUT2D eigenvalue weighted by Crippen LogP contribution is 2.24. The fraction of sp³-hybridized carbons (Fsp3) is 0.875. The molecule has 1 aliphatic rings. The normalized spacial score (nSPS) is 23.1. The summed E-state index contributed by atoms with van der Waals surface area (Å²) in [7, 11) is 0. The van der Waals surface area contributed by atoms with Gasteiger partial charge < -0.3 is 5.21 Å². The van der Waals surface area contributed by atoms with E-state index in [1.54, 1.807) is 0 Å². The number of oxime groups is 1.